The molecule has 180 valence electrons. The molecule has 13 heteroatoms. The number of aromatic nitrogens is 2. The van der Waals surface area contributed by atoms with Crippen molar-refractivity contribution in [1.82, 2.24) is 15.1 Å². The van der Waals surface area contributed by atoms with Gasteiger partial charge in [-0.2, -0.15) is 10.1 Å². The van der Waals surface area contributed by atoms with E-state index in [-0.39, 0.29) is 42.9 Å². The molecule has 0 unspecified atom stereocenters. The molecule has 0 saturated heterocycles. The summed E-state index contributed by atoms with van der Waals surface area (Å²) in [7, 11) is -3.34. The van der Waals surface area contributed by atoms with Gasteiger partial charge in [-0.1, -0.05) is 5.16 Å². The van der Waals surface area contributed by atoms with E-state index in [0.717, 1.165) is 11.3 Å². The van der Waals surface area contributed by atoms with Gasteiger partial charge in [-0.15, -0.1) is 0 Å². The number of hydrogen-bond acceptors (Lipinski definition) is 10. The minimum Gasteiger partial charge on any atom is -0.454 e. The van der Waals surface area contributed by atoms with Crippen molar-refractivity contribution < 1.29 is 32.0 Å². The predicted octanol–water partition coefficient (Wildman–Crippen LogP) is 1.83. The summed E-state index contributed by atoms with van der Waals surface area (Å²) in [5.74, 6) is 0.853. The molecule has 0 fully saturated rings. The molecular formula is C22H19N5O7S. The zero-order valence-corrected chi connectivity index (χ0v) is 19.2. The van der Waals surface area contributed by atoms with E-state index in [1.165, 1.54) is 24.3 Å². The van der Waals surface area contributed by atoms with Crippen LogP contribution >= 0.6 is 0 Å². The Labute approximate surface area is 199 Å². The van der Waals surface area contributed by atoms with Crippen LogP contribution in [0.4, 0.5) is 5.69 Å². The number of ether oxygens (including phenoxy) is 2. The van der Waals surface area contributed by atoms with Gasteiger partial charge in [0.05, 0.1) is 4.90 Å². The third-order valence-corrected chi connectivity index (χ3v) is 6.40. The van der Waals surface area contributed by atoms with Crippen LogP contribution < -0.4 is 14.8 Å². The molecule has 12 nitrogen and oxygen atoms in total. The molecule has 0 radical (unpaired) electrons. The summed E-state index contributed by atoms with van der Waals surface area (Å²) in [6.45, 7) is -0.185. The fourth-order valence-electron chi connectivity index (χ4n) is 3.49. The van der Waals surface area contributed by atoms with E-state index in [1.807, 2.05) is 0 Å². The quantitative estimate of drug-likeness (QED) is 0.537. The number of sulfone groups is 1. The van der Waals surface area contributed by atoms with Crippen molar-refractivity contribution in [2.24, 2.45) is 5.10 Å². The number of carbonyl (C=O) groups excluding carboxylic acids is 2. The summed E-state index contributed by atoms with van der Waals surface area (Å²) in [5, 5.41) is 11.9. The first-order chi connectivity index (χ1) is 16.8. The lowest BCUT2D eigenvalue weighted by molar-refractivity contribution is -0.135. The zero-order valence-electron chi connectivity index (χ0n) is 18.4. The molecule has 3 heterocycles. The second kappa shape index (κ2) is 8.83. The summed E-state index contributed by atoms with van der Waals surface area (Å²) in [6.07, 6.45) is 1.50. The highest BCUT2D eigenvalue weighted by Gasteiger charge is 2.27. The fourth-order valence-corrected chi connectivity index (χ4v) is 4.13. The number of amides is 2. The van der Waals surface area contributed by atoms with Crippen LogP contribution in [0, 0.1) is 0 Å². The molecule has 0 atom stereocenters. The molecule has 0 saturated carbocycles. The van der Waals surface area contributed by atoms with E-state index < -0.39 is 15.7 Å². The normalized spacial score (nSPS) is 15.2. The van der Waals surface area contributed by atoms with Crippen LogP contribution in [0.15, 0.2) is 57.0 Å². The van der Waals surface area contributed by atoms with Crippen LogP contribution in [0.5, 0.6) is 11.5 Å². The van der Waals surface area contributed by atoms with Gasteiger partial charge in [0.2, 0.25) is 24.4 Å². The van der Waals surface area contributed by atoms with Gasteiger partial charge in [0, 0.05) is 30.3 Å². The van der Waals surface area contributed by atoms with E-state index in [2.05, 4.69) is 20.6 Å². The number of hydrazone groups is 1. The molecule has 35 heavy (non-hydrogen) atoms. The number of nitrogens with zero attached hydrogens (tertiary/aromatic N) is 4. The van der Waals surface area contributed by atoms with Crippen molar-refractivity contribution in [2.45, 2.75) is 17.7 Å². The van der Waals surface area contributed by atoms with Crippen LogP contribution in [-0.4, -0.2) is 60.7 Å². The van der Waals surface area contributed by atoms with Gasteiger partial charge in [-0.05, 0) is 42.5 Å². The van der Waals surface area contributed by atoms with Gasteiger partial charge in [0.1, 0.15) is 12.3 Å². The average Bonchev–Trinajstić information content (AvgIpc) is 3.49. The largest absolute Gasteiger partial charge is 0.454 e. The lowest BCUT2D eigenvalue weighted by atomic mass is 10.1. The standard InChI is InChI=1S/C22H19N5O7S/c1-35(30,31)15-5-3-14(4-6-15)23-19(28)11-27-20(29)9-7-16(25-27)22-24-21(26-34-22)13-2-8-17-18(10-13)33-12-32-17/h2-6,8,10H,7,9,11-12H2,1H3,(H,23,28). The van der Waals surface area contributed by atoms with Crippen molar-refractivity contribution >= 4 is 33.1 Å². The second-order valence-electron chi connectivity index (χ2n) is 7.83. The van der Waals surface area contributed by atoms with Crippen molar-refractivity contribution in [1.29, 1.82) is 0 Å². The summed E-state index contributed by atoms with van der Waals surface area (Å²) in [4.78, 5) is 29.3. The van der Waals surface area contributed by atoms with Crippen LogP contribution in [0.3, 0.4) is 0 Å². The van der Waals surface area contributed by atoms with E-state index in [0.29, 0.717) is 34.3 Å². The first-order valence-corrected chi connectivity index (χ1v) is 12.4. The molecule has 0 bridgehead atoms. The maximum absolute atomic E-state index is 12.5. The SMILES string of the molecule is CS(=O)(=O)c1ccc(NC(=O)CN2N=C(c3nc(-c4ccc5c(c4)OCO5)no3)CCC2=O)cc1. The molecule has 1 aromatic heterocycles. The molecule has 0 aliphatic carbocycles. The molecule has 5 rings (SSSR count). The highest BCUT2D eigenvalue weighted by atomic mass is 32.2. The van der Waals surface area contributed by atoms with Crippen LogP contribution in [0.2, 0.25) is 0 Å². The monoisotopic (exact) mass is 497 g/mol. The maximum Gasteiger partial charge on any atom is 0.274 e. The van der Waals surface area contributed by atoms with Gasteiger partial charge < -0.3 is 19.3 Å². The highest BCUT2D eigenvalue weighted by molar-refractivity contribution is 7.90. The Hall–Kier alpha value is -4.26. The summed E-state index contributed by atoms with van der Waals surface area (Å²) >= 11 is 0. The van der Waals surface area contributed by atoms with E-state index in [1.54, 1.807) is 18.2 Å². The number of rotatable bonds is 6. The first kappa shape index (κ1) is 22.5. The van der Waals surface area contributed by atoms with E-state index >= 15 is 0 Å². The number of anilines is 1. The van der Waals surface area contributed by atoms with Gasteiger partial charge in [0.25, 0.3) is 5.89 Å². The van der Waals surface area contributed by atoms with Crippen molar-refractivity contribution in [3.8, 4) is 22.9 Å². The number of hydrogen-bond donors (Lipinski definition) is 1. The fraction of sp³-hybridized carbons (Fsp3) is 0.227. The summed E-state index contributed by atoms with van der Waals surface area (Å²) in [6, 6.07) is 11.0. The predicted molar refractivity (Wildman–Crippen MR) is 122 cm³/mol. The summed E-state index contributed by atoms with van der Waals surface area (Å²) in [5.41, 5.74) is 1.44. The molecule has 3 aromatic rings. The Bertz CT molecular complexity index is 1450. The lowest BCUT2D eigenvalue weighted by Gasteiger charge is -2.21. The lowest BCUT2D eigenvalue weighted by Crippen LogP contribution is -2.38. The van der Waals surface area contributed by atoms with Crippen LogP contribution in [-0.2, 0) is 19.4 Å². The molecule has 2 aliphatic heterocycles. The number of benzene rings is 2. The van der Waals surface area contributed by atoms with Crippen molar-refractivity contribution in [2.75, 3.05) is 24.9 Å². The highest BCUT2D eigenvalue weighted by Crippen LogP contribution is 2.35. The Morgan fingerprint density at radius 3 is 2.63 bits per heavy atom. The van der Waals surface area contributed by atoms with Gasteiger partial charge in [-0.25, -0.2) is 13.4 Å². The Kier molecular flexibility index (Phi) is 5.68. The van der Waals surface area contributed by atoms with Gasteiger partial charge in [0.15, 0.2) is 21.3 Å². The smallest absolute Gasteiger partial charge is 0.274 e. The topological polar surface area (TPSA) is 153 Å². The molecule has 2 aromatic carbocycles. The minimum absolute atomic E-state index is 0.122. The third-order valence-electron chi connectivity index (χ3n) is 5.27. The number of carbonyl (C=O) groups is 2. The number of fused-ring (bicyclic) bond motifs is 1. The molecular weight excluding hydrogens is 478 g/mol. The van der Waals surface area contributed by atoms with Crippen molar-refractivity contribution in [3.05, 3.63) is 48.4 Å². The second-order valence-corrected chi connectivity index (χ2v) is 9.85. The Morgan fingerprint density at radius 2 is 1.86 bits per heavy atom. The number of nitrogens with one attached hydrogen (secondary N) is 1. The molecule has 2 aliphatic rings. The van der Waals surface area contributed by atoms with E-state index in [9.17, 15) is 18.0 Å². The average molecular weight is 497 g/mol. The molecule has 1 N–H and O–H groups in total. The molecule has 2 amide bonds. The molecule has 0 spiro atoms. The zero-order chi connectivity index (χ0) is 24.6. The van der Waals surface area contributed by atoms with Crippen LogP contribution in [0.1, 0.15) is 18.7 Å². The summed E-state index contributed by atoms with van der Waals surface area (Å²) < 4.78 is 39.1. The van der Waals surface area contributed by atoms with Crippen LogP contribution in [0.25, 0.3) is 11.4 Å². The van der Waals surface area contributed by atoms with Crippen molar-refractivity contribution in [3.63, 3.8) is 0 Å². The third kappa shape index (κ3) is 4.84. The first-order valence-electron chi connectivity index (χ1n) is 10.5. The Morgan fingerprint density at radius 1 is 1.09 bits per heavy atom. The van der Waals surface area contributed by atoms with Gasteiger partial charge in [-0.3, -0.25) is 9.59 Å². The maximum atomic E-state index is 12.5. The minimum atomic E-state index is -3.34. The van der Waals surface area contributed by atoms with E-state index in [4.69, 9.17) is 14.0 Å². The van der Waals surface area contributed by atoms with Gasteiger partial charge >= 0.3 is 0 Å². The Balaban J connectivity index is 1.28.